The lowest BCUT2D eigenvalue weighted by molar-refractivity contribution is 0.646. The number of para-hydroxylation sites is 1. The summed E-state index contributed by atoms with van der Waals surface area (Å²) in [6.07, 6.45) is 4.41. The van der Waals surface area contributed by atoms with Gasteiger partial charge in [0.2, 0.25) is 0 Å². The Kier molecular flexibility index (Phi) is 2.63. The Balaban J connectivity index is 2.11. The second-order valence-corrected chi connectivity index (χ2v) is 4.67. The molecule has 0 saturated heterocycles. The van der Waals surface area contributed by atoms with Crippen LogP contribution in [0.4, 0.5) is 17.3 Å². The van der Waals surface area contributed by atoms with Crippen molar-refractivity contribution in [3.05, 3.63) is 42.2 Å². The van der Waals surface area contributed by atoms with E-state index in [1.165, 1.54) is 11.3 Å². The SMILES string of the molecule is CC1CCN(c2nccnc2N)c2ccccc21. The molecule has 1 aromatic heterocycles. The molecular weight excluding hydrogens is 224 g/mol. The van der Waals surface area contributed by atoms with Gasteiger partial charge in [-0.2, -0.15) is 0 Å². The van der Waals surface area contributed by atoms with Crippen LogP contribution in [0.2, 0.25) is 0 Å². The summed E-state index contributed by atoms with van der Waals surface area (Å²) in [6.45, 7) is 3.19. The van der Waals surface area contributed by atoms with Crippen molar-refractivity contribution in [2.45, 2.75) is 19.3 Å². The molecule has 0 spiro atoms. The van der Waals surface area contributed by atoms with Gasteiger partial charge in [-0.05, 0) is 24.0 Å². The van der Waals surface area contributed by atoms with Gasteiger partial charge in [0, 0.05) is 24.6 Å². The zero-order chi connectivity index (χ0) is 12.5. The number of rotatable bonds is 1. The predicted octanol–water partition coefficient (Wildman–Crippen LogP) is 2.70. The Morgan fingerprint density at radius 2 is 2.00 bits per heavy atom. The lowest BCUT2D eigenvalue weighted by atomic mass is 9.91. The van der Waals surface area contributed by atoms with Crippen LogP contribution in [-0.2, 0) is 0 Å². The zero-order valence-electron chi connectivity index (χ0n) is 10.4. The molecular formula is C14H16N4. The molecule has 0 bridgehead atoms. The maximum atomic E-state index is 5.93. The Bertz CT molecular complexity index is 567. The van der Waals surface area contributed by atoms with E-state index in [0.29, 0.717) is 11.7 Å². The van der Waals surface area contributed by atoms with Gasteiger partial charge in [0.25, 0.3) is 0 Å². The fourth-order valence-corrected chi connectivity index (χ4v) is 2.52. The van der Waals surface area contributed by atoms with Crippen molar-refractivity contribution in [2.75, 3.05) is 17.2 Å². The highest BCUT2D eigenvalue weighted by Gasteiger charge is 2.24. The van der Waals surface area contributed by atoms with Crippen LogP contribution in [0.25, 0.3) is 0 Å². The molecule has 18 heavy (non-hydrogen) atoms. The normalized spacial score (nSPS) is 18.5. The average Bonchev–Trinajstić information content (AvgIpc) is 2.41. The summed E-state index contributed by atoms with van der Waals surface area (Å²) in [4.78, 5) is 10.6. The Morgan fingerprint density at radius 1 is 1.22 bits per heavy atom. The Labute approximate surface area is 106 Å². The van der Waals surface area contributed by atoms with Crippen molar-refractivity contribution >= 4 is 17.3 Å². The third-order valence-electron chi connectivity index (χ3n) is 3.51. The van der Waals surface area contributed by atoms with Crippen molar-refractivity contribution in [3.8, 4) is 0 Å². The van der Waals surface area contributed by atoms with Crippen molar-refractivity contribution < 1.29 is 0 Å². The highest BCUT2D eigenvalue weighted by molar-refractivity contribution is 5.72. The second kappa shape index (κ2) is 4.29. The number of nitrogens with zero attached hydrogens (tertiary/aromatic N) is 3. The van der Waals surface area contributed by atoms with Crippen LogP contribution >= 0.6 is 0 Å². The van der Waals surface area contributed by atoms with Crippen LogP contribution in [0.15, 0.2) is 36.7 Å². The molecule has 1 aliphatic heterocycles. The van der Waals surface area contributed by atoms with Gasteiger partial charge in [-0.15, -0.1) is 0 Å². The molecule has 3 rings (SSSR count). The third kappa shape index (κ3) is 1.70. The molecule has 0 fully saturated rings. The number of hydrogen-bond donors (Lipinski definition) is 1. The Hall–Kier alpha value is -2.10. The van der Waals surface area contributed by atoms with Crippen LogP contribution in [0.3, 0.4) is 0 Å². The molecule has 4 nitrogen and oxygen atoms in total. The number of fused-ring (bicyclic) bond motifs is 1. The molecule has 1 unspecified atom stereocenters. The number of nitrogens with two attached hydrogens (primary N) is 1. The summed E-state index contributed by atoms with van der Waals surface area (Å²) in [5, 5.41) is 0. The molecule has 2 aromatic rings. The van der Waals surface area contributed by atoms with Crippen molar-refractivity contribution in [2.24, 2.45) is 0 Å². The molecule has 1 atom stereocenters. The first-order valence-electron chi connectivity index (χ1n) is 6.20. The molecule has 0 amide bonds. The maximum Gasteiger partial charge on any atom is 0.176 e. The van der Waals surface area contributed by atoms with Gasteiger partial charge in [0.15, 0.2) is 11.6 Å². The van der Waals surface area contributed by atoms with E-state index in [0.717, 1.165) is 18.8 Å². The summed E-state index contributed by atoms with van der Waals surface area (Å²) >= 11 is 0. The maximum absolute atomic E-state index is 5.93. The number of benzene rings is 1. The largest absolute Gasteiger partial charge is 0.381 e. The molecule has 0 aliphatic carbocycles. The summed E-state index contributed by atoms with van der Waals surface area (Å²) in [5.74, 6) is 1.83. The van der Waals surface area contributed by atoms with Crippen LogP contribution in [0.5, 0.6) is 0 Å². The molecule has 0 saturated carbocycles. The van der Waals surface area contributed by atoms with Gasteiger partial charge < -0.3 is 10.6 Å². The molecule has 1 aliphatic rings. The van der Waals surface area contributed by atoms with E-state index in [1.807, 2.05) is 0 Å². The molecule has 1 aromatic carbocycles. The fraction of sp³-hybridized carbons (Fsp3) is 0.286. The van der Waals surface area contributed by atoms with Gasteiger partial charge in [0.1, 0.15) is 0 Å². The van der Waals surface area contributed by atoms with Crippen molar-refractivity contribution in [3.63, 3.8) is 0 Å². The van der Waals surface area contributed by atoms with Crippen LogP contribution in [-0.4, -0.2) is 16.5 Å². The molecule has 2 N–H and O–H groups in total. The quantitative estimate of drug-likeness (QED) is 0.832. The monoisotopic (exact) mass is 240 g/mol. The predicted molar refractivity (Wildman–Crippen MR) is 72.9 cm³/mol. The average molecular weight is 240 g/mol. The van der Waals surface area contributed by atoms with E-state index in [9.17, 15) is 0 Å². The lowest BCUT2D eigenvalue weighted by Gasteiger charge is -2.33. The lowest BCUT2D eigenvalue weighted by Crippen LogP contribution is -2.27. The van der Waals surface area contributed by atoms with E-state index in [4.69, 9.17) is 5.73 Å². The summed E-state index contributed by atoms with van der Waals surface area (Å²) < 4.78 is 0. The number of aromatic nitrogens is 2. The topological polar surface area (TPSA) is 55.0 Å². The van der Waals surface area contributed by atoms with Gasteiger partial charge in [0.05, 0.1) is 0 Å². The van der Waals surface area contributed by atoms with E-state index in [-0.39, 0.29) is 0 Å². The summed E-state index contributed by atoms with van der Waals surface area (Å²) in [5.41, 5.74) is 8.48. The van der Waals surface area contributed by atoms with E-state index < -0.39 is 0 Å². The summed E-state index contributed by atoms with van der Waals surface area (Å²) in [7, 11) is 0. The minimum atomic E-state index is 0.488. The Morgan fingerprint density at radius 3 is 2.83 bits per heavy atom. The minimum absolute atomic E-state index is 0.488. The highest BCUT2D eigenvalue weighted by Crippen LogP contribution is 2.39. The number of hydrogen-bond acceptors (Lipinski definition) is 4. The fourth-order valence-electron chi connectivity index (χ4n) is 2.52. The van der Waals surface area contributed by atoms with E-state index >= 15 is 0 Å². The first-order valence-corrected chi connectivity index (χ1v) is 6.20. The van der Waals surface area contributed by atoms with Crippen molar-refractivity contribution in [1.82, 2.24) is 9.97 Å². The van der Waals surface area contributed by atoms with E-state index in [2.05, 4.69) is 46.1 Å². The molecule has 0 radical (unpaired) electrons. The minimum Gasteiger partial charge on any atom is -0.381 e. The third-order valence-corrected chi connectivity index (χ3v) is 3.51. The highest BCUT2D eigenvalue weighted by atomic mass is 15.2. The van der Waals surface area contributed by atoms with Crippen LogP contribution in [0, 0.1) is 0 Å². The molecule has 2 heterocycles. The molecule has 92 valence electrons. The van der Waals surface area contributed by atoms with Crippen LogP contribution in [0.1, 0.15) is 24.8 Å². The first kappa shape index (κ1) is 11.0. The van der Waals surface area contributed by atoms with Gasteiger partial charge in [-0.25, -0.2) is 9.97 Å². The first-order chi connectivity index (χ1) is 8.77. The zero-order valence-corrected chi connectivity index (χ0v) is 10.4. The van der Waals surface area contributed by atoms with Gasteiger partial charge in [-0.1, -0.05) is 25.1 Å². The molecule has 4 heteroatoms. The van der Waals surface area contributed by atoms with Gasteiger partial charge in [-0.3, -0.25) is 0 Å². The van der Waals surface area contributed by atoms with Gasteiger partial charge >= 0.3 is 0 Å². The van der Waals surface area contributed by atoms with Crippen molar-refractivity contribution in [1.29, 1.82) is 0 Å². The van der Waals surface area contributed by atoms with E-state index in [1.54, 1.807) is 12.4 Å². The second-order valence-electron chi connectivity index (χ2n) is 4.67. The summed E-state index contributed by atoms with van der Waals surface area (Å²) in [6, 6.07) is 8.44. The standard InChI is InChI=1S/C14H16N4/c1-10-6-9-18(12-5-3-2-4-11(10)12)14-13(15)16-7-8-17-14/h2-5,7-8,10H,6,9H2,1H3,(H2,15,16). The number of nitrogen functional groups attached to an aromatic ring is 1. The van der Waals surface area contributed by atoms with Crippen LogP contribution < -0.4 is 10.6 Å². The number of anilines is 3. The smallest absolute Gasteiger partial charge is 0.176 e.